The van der Waals surface area contributed by atoms with E-state index in [4.69, 9.17) is 33.2 Å². The number of benzene rings is 4. The fraction of sp³-hybridized carbons (Fsp3) is 0.0645. The topological polar surface area (TPSA) is 54.9 Å². The van der Waals surface area contributed by atoms with Crippen molar-refractivity contribution in [1.82, 2.24) is 9.97 Å². The van der Waals surface area contributed by atoms with Crippen LogP contribution >= 0.6 is 34.5 Å². The molecule has 4 nitrogen and oxygen atoms in total. The lowest BCUT2D eigenvalue weighted by Gasteiger charge is -2.16. The molecule has 0 spiro atoms. The van der Waals surface area contributed by atoms with Crippen molar-refractivity contribution in [2.45, 2.75) is 13.8 Å². The number of nitrogens with one attached hydrogen (secondary N) is 1. The molecule has 4 aromatic carbocycles. The maximum atomic E-state index is 13.7. The SMILES string of the molecule is Cc1ccc2nc(-c3ccc(NC(=O)c4c(C)c(-c5ccc(Cl)cc5Cl)nc5ccccc45)cc3)sc2c1. The van der Waals surface area contributed by atoms with Crippen molar-refractivity contribution in [1.29, 1.82) is 0 Å². The lowest BCUT2D eigenvalue weighted by molar-refractivity contribution is 0.102. The number of aromatic nitrogens is 2. The Morgan fingerprint density at radius 1 is 0.842 bits per heavy atom. The van der Waals surface area contributed by atoms with Gasteiger partial charge in [0.05, 0.1) is 32.0 Å². The van der Waals surface area contributed by atoms with Gasteiger partial charge in [-0.05, 0) is 85.6 Å². The second-order valence-corrected chi connectivity index (χ2v) is 11.0. The van der Waals surface area contributed by atoms with Crippen molar-refractivity contribution in [2.75, 3.05) is 5.32 Å². The molecule has 1 N–H and O–H groups in total. The molecule has 0 aliphatic heterocycles. The van der Waals surface area contributed by atoms with Crippen molar-refractivity contribution in [3.8, 4) is 21.8 Å². The van der Waals surface area contributed by atoms with Crippen molar-refractivity contribution in [3.63, 3.8) is 0 Å². The summed E-state index contributed by atoms with van der Waals surface area (Å²) in [6.45, 7) is 3.98. The van der Waals surface area contributed by atoms with E-state index in [-0.39, 0.29) is 5.91 Å². The minimum atomic E-state index is -0.212. The Hall–Kier alpha value is -3.77. The van der Waals surface area contributed by atoms with Crippen LogP contribution in [0.15, 0.2) is 84.9 Å². The van der Waals surface area contributed by atoms with E-state index in [2.05, 4.69) is 24.4 Å². The quantitative estimate of drug-likeness (QED) is 0.236. The van der Waals surface area contributed by atoms with Gasteiger partial charge in [0, 0.05) is 27.2 Å². The predicted octanol–water partition coefficient (Wildman–Crippen LogP) is 9.35. The Labute approximate surface area is 233 Å². The van der Waals surface area contributed by atoms with Crippen molar-refractivity contribution >= 4 is 67.3 Å². The summed E-state index contributed by atoms with van der Waals surface area (Å²) in [5.74, 6) is -0.212. The molecule has 6 aromatic rings. The van der Waals surface area contributed by atoms with Crippen molar-refractivity contribution < 1.29 is 4.79 Å². The van der Waals surface area contributed by atoms with E-state index in [1.165, 1.54) is 5.56 Å². The number of fused-ring (bicyclic) bond motifs is 2. The number of anilines is 1. The van der Waals surface area contributed by atoms with Gasteiger partial charge in [0.1, 0.15) is 5.01 Å². The van der Waals surface area contributed by atoms with E-state index in [0.29, 0.717) is 32.5 Å². The third kappa shape index (κ3) is 4.54. The third-order valence-electron chi connectivity index (χ3n) is 6.48. The van der Waals surface area contributed by atoms with E-state index in [0.717, 1.165) is 37.3 Å². The van der Waals surface area contributed by atoms with Gasteiger partial charge in [0.2, 0.25) is 0 Å². The molecule has 0 radical (unpaired) electrons. The molecular weight excluding hydrogens is 533 g/mol. The molecule has 7 heteroatoms. The Kier molecular flexibility index (Phi) is 6.36. The van der Waals surface area contributed by atoms with Gasteiger partial charge in [-0.1, -0.05) is 47.5 Å². The van der Waals surface area contributed by atoms with Gasteiger partial charge in [-0.2, -0.15) is 0 Å². The Bertz CT molecular complexity index is 1860. The van der Waals surface area contributed by atoms with Crippen LogP contribution < -0.4 is 5.32 Å². The van der Waals surface area contributed by atoms with E-state index in [1.54, 1.807) is 23.5 Å². The lowest BCUT2D eigenvalue weighted by atomic mass is 9.97. The van der Waals surface area contributed by atoms with Crippen LogP contribution in [0.25, 0.3) is 42.9 Å². The normalized spacial score (nSPS) is 11.3. The molecule has 0 aliphatic rings. The van der Waals surface area contributed by atoms with Crippen molar-refractivity contribution in [2.24, 2.45) is 0 Å². The highest BCUT2D eigenvalue weighted by Crippen LogP contribution is 2.36. The molecule has 38 heavy (non-hydrogen) atoms. The van der Waals surface area contributed by atoms with Crippen LogP contribution in [-0.2, 0) is 0 Å². The zero-order chi connectivity index (χ0) is 26.4. The van der Waals surface area contributed by atoms with Crippen LogP contribution in [0, 0.1) is 13.8 Å². The van der Waals surface area contributed by atoms with Crippen LogP contribution in [0.5, 0.6) is 0 Å². The summed E-state index contributed by atoms with van der Waals surface area (Å²) >= 11 is 14.3. The molecule has 0 atom stereocenters. The first-order valence-corrected chi connectivity index (χ1v) is 13.6. The van der Waals surface area contributed by atoms with Crippen LogP contribution in [0.4, 0.5) is 5.69 Å². The number of rotatable bonds is 4. The molecule has 0 saturated carbocycles. The lowest BCUT2D eigenvalue weighted by Crippen LogP contribution is -2.15. The van der Waals surface area contributed by atoms with Crippen LogP contribution in [0.2, 0.25) is 10.0 Å². The first kappa shape index (κ1) is 24.6. The number of thiazole rings is 1. The fourth-order valence-electron chi connectivity index (χ4n) is 4.59. The van der Waals surface area contributed by atoms with Gasteiger partial charge in [-0.25, -0.2) is 9.97 Å². The van der Waals surface area contributed by atoms with E-state index < -0.39 is 0 Å². The fourth-order valence-corrected chi connectivity index (χ4v) is 6.16. The average Bonchev–Trinajstić information content (AvgIpc) is 3.32. The minimum Gasteiger partial charge on any atom is -0.322 e. The number of carbonyl (C=O) groups is 1. The van der Waals surface area contributed by atoms with Gasteiger partial charge >= 0.3 is 0 Å². The Balaban J connectivity index is 1.35. The number of aryl methyl sites for hydroxylation is 1. The zero-order valence-corrected chi connectivity index (χ0v) is 22.9. The second kappa shape index (κ2) is 9.84. The standard InChI is InChI=1S/C31H21Cl2N3OS/c1-17-7-14-26-27(15-17)38-31(36-26)19-8-11-21(12-9-19)34-30(37)28-18(2)29(22-13-10-20(32)16-24(22)33)35-25-6-4-3-5-23(25)28/h3-16H,1-2H3,(H,34,37). The summed E-state index contributed by atoms with van der Waals surface area (Å²) in [4.78, 5) is 23.3. The number of nitrogens with zero attached hydrogens (tertiary/aromatic N) is 2. The van der Waals surface area contributed by atoms with Crippen LogP contribution in [0.1, 0.15) is 21.5 Å². The molecule has 0 fully saturated rings. The van der Waals surface area contributed by atoms with E-state index in [9.17, 15) is 4.79 Å². The largest absolute Gasteiger partial charge is 0.322 e. The number of hydrogen-bond acceptors (Lipinski definition) is 4. The monoisotopic (exact) mass is 553 g/mol. The average molecular weight is 555 g/mol. The summed E-state index contributed by atoms with van der Waals surface area (Å²) in [5.41, 5.74) is 7.30. The number of pyridine rings is 1. The molecule has 1 amide bonds. The summed E-state index contributed by atoms with van der Waals surface area (Å²) in [5, 5.41) is 5.82. The highest BCUT2D eigenvalue weighted by Gasteiger charge is 2.20. The first-order valence-electron chi connectivity index (χ1n) is 12.0. The number of halogens is 2. The van der Waals surface area contributed by atoms with Crippen LogP contribution in [-0.4, -0.2) is 15.9 Å². The zero-order valence-electron chi connectivity index (χ0n) is 20.5. The van der Waals surface area contributed by atoms with Crippen LogP contribution in [0.3, 0.4) is 0 Å². The van der Waals surface area contributed by atoms with E-state index >= 15 is 0 Å². The number of para-hydroxylation sites is 1. The predicted molar refractivity (Wildman–Crippen MR) is 160 cm³/mol. The molecule has 186 valence electrons. The molecule has 2 heterocycles. The number of amides is 1. The molecule has 0 unspecified atom stereocenters. The molecule has 6 rings (SSSR count). The first-order chi connectivity index (χ1) is 18.4. The number of hydrogen-bond donors (Lipinski definition) is 1. The molecule has 0 bridgehead atoms. The summed E-state index contributed by atoms with van der Waals surface area (Å²) in [6, 6.07) is 26.9. The molecule has 0 aliphatic carbocycles. The Morgan fingerprint density at radius 2 is 1.63 bits per heavy atom. The maximum absolute atomic E-state index is 13.7. The highest BCUT2D eigenvalue weighted by atomic mass is 35.5. The number of carbonyl (C=O) groups excluding carboxylic acids is 1. The molecule has 0 saturated heterocycles. The molecule has 2 aromatic heterocycles. The summed E-state index contributed by atoms with van der Waals surface area (Å²) in [7, 11) is 0. The van der Waals surface area contributed by atoms with Gasteiger partial charge in [0.15, 0.2) is 0 Å². The smallest absolute Gasteiger partial charge is 0.256 e. The Morgan fingerprint density at radius 3 is 2.42 bits per heavy atom. The van der Waals surface area contributed by atoms with Gasteiger partial charge in [0.25, 0.3) is 5.91 Å². The minimum absolute atomic E-state index is 0.212. The summed E-state index contributed by atoms with van der Waals surface area (Å²) in [6.07, 6.45) is 0. The van der Waals surface area contributed by atoms with Gasteiger partial charge in [-0.15, -0.1) is 11.3 Å². The van der Waals surface area contributed by atoms with Gasteiger partial charge < -0.3 is 5.32 Å². The maximum Gasteiger partial charge on any atom is 0.256 e. The van der Waals surface area contributed by atoms with Crippen molar-refractivity contribution in [3.05, 3.63) is 112 Å². The van der Waals surface area contributed by atoms with Gasteiger partial charge in [-0.3, -0.25) is 4.79 Å². The van der Waals surface area contributed by atoms with E-state index in [1.807, 2.05) is 67.6 Å². The summed E-state index contributed by atoms with van der Waals surface area (Å²) < 4.78 is 1.16. The third-order valence-corrected chi connectivity index (χ3v) is 8.10. The second-order valence-electron chi connectivity index (χ2n) is 9.12. The molecular formula is C31H21Cl2N3OS. The highest BCUT2D eigenvalue weighted by molar-refractivity contribution is 7.21.